The van der Waals surface area contributed by atoms with Crippen LogP contribution in [0.15, 0.2) is 36.7 Å². The molecule has 19 heavy (non-hydrogen) atoms. The minimum atomic E-state index is -0.720. The van der Waals surface area contributed by atoms with Gasteiger partial charge < -0.3 is 9.84 Å². The molecule has 0 radical (unpaired) electrons. The standard InChI is InChI=1S/C13H14ClFN2O2/c14-11-5-16-17(6-11)7-12(18)9-19-8-10-3-1-2-4-13(10)15/h1-6,12,18H,7-9H2. The number of rotatable bonds is 6. The second-order valence-electron chi connectivity index (χ2n) is 4.14. The quantitative estimate of drug-likeness (QED) is 0.885. The molecule has 0 bridgehead atoms. The molecular formula is C13H14ClFN2O2. The molecule has 0 saturated carbocycles. The number of nitrogens with zero attached hydrogens (tertiary/aromatic N) is 2. The highest BCUT2D eigenvalue weighted by molar-refractivity contribution is 6.30. The third kappa shape index (κ3) is 4.31. The van der Waals surface area contributed by atoms with Gasteiger partial charge in [0, 0.05) is 11.8 Å². The molecule has 0 fully saturated rings. The molecule has 4 nitrogen and oxygen atoms in total. The molecule has 6 heteroatoms. The van der Waals surface area contributed by atoms with Crippen molar-refractivity contribution in [1.82, 2.24) is 9.78 Å². The molecule has 1 aromatic carbocycles. The summed E-state index contributed by atoms with van der Waals surface area (Å²) in [6.45, 7) is 0.513. The van der Waals surface area contributed by atoms with Crippen LogP contribution in [-0.4, -0.2) is 27.6 Å². The first-order chi connectivity index (χ1) is 9.15. The van der Waals surface area contributed by atoms with Gasteiger partial charge in [0.1, 0.15) is 5.82 Å². The van der Waals surface area contributed by atoms with Gasteiger partial charge in [-0.3, -0.25) is 4.68 Å². The number of benzene rings is 1. The Kier molecular flexibility index (Phi) is 4.90. The highest BCUT2D eigenvalue weighted by Crippen LogP contribution is 2.08. The van der Waals surface area contributed by atoms with Crippen LogP contribution in [0.3, 0.4) is 0 Å². The summed E-state index contributed by atoms with van der Waals surface area (Å²) in [4.78, 5) is 0. The van der Waals surface area contributed by atoms with E-state index in [9.17, 15) is 9.50 Å². The Morgan fingerprint density at radius 3 is 2.89 bits per heavy atom. The van der Waals surface area contributed by atoms with Crippen molar-refractivity contribution in [2.45, 2.75) is 19.3 Å². The average molecular weight is 285 g/mol. The Bertz CT molecular complexity index is 533. The third-order valence-electron chi connectivity index (χ3n) is 2.53. The minimum Gasteiger partial charge on any atom is -0.389 e. The van der Waals surface area contributed by atoms with Gasteiger partial charge >= 0.3 is 0 Å². The highest BCUT2D eigenvalue weighted by atomic mass is 35.5. The lowest BCUT2D eigenvalue weighted by molar-refractivity contribution is 0.0178. The summed E-state index contributed by atoms with van der Waals surface area (Å²) in [5.74, 6) is -0.309. The number of ether oxygens (including phenoxy) is 1. The van der Waals surface area contributed by atoms with Gasteiger partial charge in [0.15, 0.2) is 0 Å². The van der Waals surface area contributed by atoms with Crippen LogP contribution in [0, 0.1) is 5.82 Å². The second-order valence-corrected chi connectivity index (χ2v) is 4.58. The van der Waals surface area contributed by atoms with E-state index in [1.54, 1.807) is 24.4 Å². The molecule has 0 aliphatic carbocycles. The minimum absolute atomic E-state index is 0.103. The zero-order chi connectivity index (χ0) is 13.7. The molecule has 1 aromatic heterocycles. The van der Waals surface area contributed by atoms with Crippen LogP contribution in [0.5, 0.6) is 0 Å². The molecule has 0 aliphatic rings. The Hall–Kier alpha value is -1.43. The fraction of sp³-hybridized carbons (Fsp3) is 0.308. The van der Waals surface area contributed by atoms with Gasteiger partial charge in [0.2, 0.25) is 0 Å². The van der Waals surface area contributed by atoms with Crippen LogP contribution in [0.2, 0.25) is 5.02 Å². The van der Waals surface area contributed by atoms with E-state index in [0.717, 1.165) is 0 Å². The van der Waals surface area contributed by atoms with Crippen molar-refractivity contribution < 1.29 is 14.2 Å². The summed E-state index contributed by atoms with van der Waals surface area (Å²) in [5.41, 5.74) is 0.469. The predicted octanol–water partition coefficient (Wildman–Crippen LogP) is 2.25. The molecule has 2 rings (SSSR count). The largest absolute Gasteiger partial charge is 0.389 e. The van der Waals surface area contributed by atoms with Gasteiger partial charge in [0.25, 0.3) is 0 Å². The SMILES string of the molecule is OC(COCc1ccccc1F)Cn1cc(Cl)cn1. The van der Waals surface area contributed by atoms with Gasteiger partial charge in [-0.2, -0.15) is 5.10 Å². The van der Waals surface area contributed by atoms with E-state index in [4.69, 9.17) is 16.3 Å². The Morgan fingerprint density at radius 1 is 1.42 bits per heavy atom. The van der Waals surface area contributed by atoms with Crippen molar-refractivity contribution in [3.05, 3.63) is 53.1 Å². The molecule has 0 amide bonds. The summed E-state index contributed by atoms with van der Waals surface area (Å²) in [6.07, 6.45) is 2.39. The number of hydrogen-bond donors (Lipinski definition) is 1. The van der Waals surface area contributed by atoms with E-state index in [-0.39, 0.29) is 25.6 Å². The Labute approximate surface area is 115 Å². The van der Waals surface area contributed by atoms with Crippen LogP contribution >= 0.6 is 11.6 Å². The van der Waals surface area contributed by atoms with Crippen LogP contribution in [-0.2, 0) is 17.9 Å². The highest BCUT2D eigenvalue weighted by Gasteiger charge is 2.08. The first kappa shape index (κ1) is 14.0. The topological polar surface area (TPSA) is 47.3 Å². The Balaban J connectivity index is 1.75. The van der Waals surface area contributed by atoms with E-state index < -0.39 is 6.10 Å². The molecule has 1 heterocycles. The maximum Gasteiger partial charge on any atom is 0.128 e. The molecule has 1 N–H and O–H groups in total. The molecular weight excluding hydrogens is 271 g/mol. The number of hydrogen-bond acceptors (Lipinski definition) is 3. The fourth-order valence-corrected chi connectivity index (χ4v) is 1.78. The molecule has 1 unspecified atom stereocenters. The van der Waals surface area contributed by atoms with Crippen molar-refractivity contribution in [3.8, 4) is 0 Å². The van der Waals surface area contributed by atoms with E-state index in [2.05, 4.69) is 5.10 Å². The Morgan fingerprint density at radius 2 is 2.21 bits per heavy atom. The summed E-state index contributed by atoms with van der Waals surface area (Å²) in [7, 11) is 0. The number of aromatic nitrogens is 2. The van der Waals surface area contributed by atoms with E-state index in [1.165, 1.54) is 16.9 Å². The number of halogens is 2. The van der Waals surface area contributed by atoms with Gasteiger partial charge in [-0.15, -0.1) is 0 Å². The summed E-state index contributed by atoms with van der Waals surface area (Å²) in [5, 5.41) is 14.2. The molecule has 102 valence electrons. The van der Waals surface area contributed by atoms with Gasteiger partial charge in [-0.25, -0.2) is 4.39 Å². The van der Waals surface area contributed by atoms with Crippen molar-refractivity contribution in [2.24, 2.45) is 0 Å². The second kappa shape index (κ2) is 6.65. The zero-order valence-corrected chi connectivity index (χ0v) is 10.9. The summed E-state index contributed by atoms with van der Waals surface area (Å²) < 4.78 is 20.1. The van der Waals surface area contributed by atoms with Crippen molar-refractivity contribution in [2.75, 3.05) is 6.61 Å². The first-order valence-electron chi connectivity index (χ1n) is 5.82. The number of aliphatic hydroxyl groups is 1. The maximum absolute atomic E-state index is 13.3. The van der Waals surface area contributed by atoms with Crippen LogP contribution < -0.4 is 0 Å². The van der Waals surface area contributed by atoms with Crippen molar-refractivity contribution >= 4 is 11.6 Å². The van der Waals surface area contributed by atoms with Crippen molar-refractivity contribution in [3.63, 3.8) is 0 Å². The molecule has 0 aliphatic heterocycles. The van der Waals surface area contributed by atoms with Crippen LogP contribution in [0.4, 0.5) is 4.39 Å². The normalized spacial score (nSPS) is 12.6. The molecule has 1 atom stereocenters. The molecule has 0 spiro atoms. The zero-order valence-electron chi connectivity index (χ0n) is 10.2. The average Bonchev–Trinajstić information content (AvgIpc) is 2.77. The lowest BCUT2D eigenvalue weighted by atomic mass is 10.2. The lowest BCUT2D eigenvalue weighted by Crippen LogP contribution is -2.22. The van der Waals surface area contributed by atoms with Gasteiger partial charge in [-0.05, 0) is 6.07 Å². The van der Waals surface area contributed by atoms with E-state index in [1.807, 2.05) is 0 Å². The van der Waals surface area contributed by atoms with Gasteiger partial charge in [0.05, 0.1) is 37.1 Å². The van der Waals surface area contributed by atoms with Crippen molar-refractivity contribution in [1.29, 1.82) is 0 Å². The first-order valence-corrected chi connectivity index (χ1v) is 6.20. The van der Waals surface area contributed by atoms with Crippen LogP contribution in [0.25, 0.3) is 0 Å². The molecule has 2 aromatic rings. The third-order valence-corrected chi connectivity index (χ3v) is 2.72. The maximum atomic E-state index is 13.3. The molecule has 0 saturated heterocycles. The summed E-state index contributed by atoms with van der Waals surface area (Å²) >= 11 is 5.71. The number of aliphatic hydroxyl groups excluding tert-OH is 1. The van der Waals surface area contributed by atoms with Gasteiger partial charge in [-0.1, -0.05) is 29.8 Å². The van der Waals surface area contributed by atoms with Crippen LogP contribution in [0.1, 0.15) is 5.56 Å². The fourth-order valence-electron chi connectivity index (χ4n) is 1.63. The smallest absolute Gasteiger partial charge is 0.128 e. The van der Waals surface area contributed by atoms with E-state index in [0.29, 0.717) is 10.6 Å². The lowest BCUT2D eigenvalue weighted by Gasteiger charge is -2.11. The monoisotopic (exact) mass is 284 g/mol. The van der Waals surface area contributed by atoms with E-state index >= 15 is 0 Å². The summed E-state index contributed by atoms with van der Waals surface area (Å²) in [6, 6.07) is 6.38. The predicted molar refractivity (Wildman–Crippen MR) is 69.3 cm³/mol.